The van der Waals surface area contributed by atoms with Gasteiger partial charge in [-0.25, -0.2) is 4.52 Å². The third-order valence-corrected chi connectivity index (χ3v) is 4.25. The highest BCUT2D eigenvalue weighted by molar-refractivity contribution is 9.10. The monoisotopic (exact) mass is 357 g/mol. The van der Waals surface area contributed by atoms with Gasteiger partial charge in [0.05, 0.1) is 22.8 Å². The van der Waals surface area contributed by atoms with E-state index >= 15 is 0 Å². The lowest BCUT2D eigenvalue weighted by molar-refractivity contribution is 0.768. The Kier molecular flexibility index (Phi) is 2.74. The molecule has 0 unspecified atom stereocenters. The van der Waals surface area contributed by atoms with Gasteiger partial charge < -0.3 is 0 Å². The van der Waals surface area contributed by atoms with Crippen molar-refractivity contribution in [1.82, 2.24) is 24.0 Å². The Bertz CT molecular complexity index is 1090. The molecule has 3 heterocycles. The molecule has 0 aliphatic rings. The Morgan fingerprint density at radius 1 is 1.18 bits per heavy atom. The Hall–Kier alpha value is -2.41. The standard InChI is InChI=1S/C15H12BrN5O/c1-19-8-9(7-17-19)12-6-14-20(2)15(22)11-4-3-10(16)5-13(11)21(14)18-12/h3-8H,1-2H3. The van der Waals surface area contributed by atoms with E-state index in [1.807, 2.05) is 37.5 Å². The summed E-state index contributed by atoms with van der Waals surface area (Å²) < 4.78 is 6.05. The first-order valence-electron chi connectivity index (χ1n) is 6.71. The Morgan fingerprint density at radius 3 is 2.73 bits per heavy atom. The molecule has 1 aromatic carbocycles. The van der Waals surface area contributed by atoms with Crippen molar-refractivity contribution in [1.29, 1.82) is 0 Å². The Morgan fingerprint density at radius 2 is 2.00 bits per heavy atom. The zero-order valence-electron chi connectivity index (χ0n) is 12.0. The molecule has 4 aromatic rings. The van der Waals surface area contributed by atoms with Gasteiger partial charge >= 0.3 is 0 Å². The van der Waals surface area contributed by atoms with Crippen molar-refractivity contribution in [3.8, 4) is 11.3 Å². The number of aryl methyl sites for hydroxylation is 2. The number of hydrogen-bond acceptors (Lipinski definition) is 3. The molecule has 0 saturated carbocycles. The molecule has 7 heteroatoms. The molecule has 0 saturated heterocycles. The first kappa shape index (κ1) is 13.3. The van der Waals surface area contributed by atoms with E-state index in [0.717, 1.165) is 26.9 Å². The molecule has 0 N–H and O–H groups in total. The molecule has 6 nitrogen and oxygen atoms in total. The van der Waals surface area contributed by atoms with Crippen LogP contribution in [0.4, 0.5) is 0 Å². The highest BCUT2D eigenvalue weighted by Crippen LogP contribution is 2.23. The van der Waals surface area contributed by atoms with Crippen LogP contribution in [0.2, 0.25) is 0 Å². The summed E-state index contributed by atoms with van der Waals surface area (Å²) in [5.74, 6) is 0. The molecule has 0 radical (unpaired) electrons. The third-order valence-electron chi connectivity index (χ3n) is 3.76. The number of hydrogen-bond donors (Lipinski definition) is 0. The van der Waals surface area contributed by atoms with Gasteiger partial charge in [-0.3, -0.25) is 14.0 Å². The van der Waals surface area contributed by atoms with Crippen LogP contribution in [0.5, 0.6) is 0 Å². The Labute approximate surface area is 133 Å². The van der Waals surface area contributed by atoms with Crippen molar-refractivity contribution < 1.29 is 0 Å². The first-order valence-corrected chi connectivity index (χ1v) is 7.51. The largest absolute Gasteiger partial charge is 0.296 e. The van der Waals surface area contributed by atoms with Crippen LogP contribution < -0.4 is 5.56 Å². The lowest BCUT2D eigenvalue weighted by Gasteiger charge is -2.06. The molecule has 0 fully saturated rings. The number of benzene rings is 1. The highest BCUT2D eigenvalue weighted by atomic mass is 79.9. The van der Waals surface area contributed by atoms with E-state index in [9.17, 15) is 4.79 Å². The fourth-order valence-corrected chi connectivity index (χ4v) is 2.98. The average Bonchev–Trinajstić information content (AvgIpc) is 3.11. The van der Waals surface area contributed by atoms with Crippen molar-refractivity contribution in [3.63, 3.8) is 0 Å². The van der Waals surface area contributed by atoms with E-state index in [2.05, 4.69) is 26.1 Å². The first-order chi connectivity index (χ1) is 10.5. The maximum Gasteiger partial charge on any atom is 0.261 e. The van der Waals surface area contributed by atoms with Gasteiger partial charge in [-0.15, -0.1) is 0 Å². The second kappa shape index (κ2) is 4.54. The van der Waals surface area contributed by atoms with E-state index in [1.165, 1.54) is 0 Å². The van der Waals surface area contributed by atoms with Gasteiger partial charge in [0.2, 0.25) is 0 Å². The molecule has 0 amide bonds. The topological polar surface area (TPSA) is 57.1 Å². The van der Waals surface area contributed by atoms with Crippen molar-refractivity contribution in [2.24, 2.45) is 14.1 Å². The summed E-state index contributed by atoms with van der Waals surface area (Å²) in [6, 6.07) is 7.48. The molecular formula is C15H12BrN5O. The lowest BCUT2D eigenvalue weighted by Crippen LogP contribution is -2.19. The van der Waals surface area contributed by atoms with Crippen LogP contribution in [-0.2, 0) is 14.1 Å². The molecular weight excluding hydrogens is 346 g/mol. The second-order valence-electron chi connectivity index (χ2n) is 5.23. The van der Waals surface area contributed by atoms with Crippen LogP contribution in [0.1, 0.15) is 0 Å². The minimum absolute atomic E-state index is 0.0346. The summed E-state index contributed by atoms with van der Waals surface area (Å²) in [5, 5.41) is 9.46. The van der Waals surface area contributed by atoms with Gasteiger partial charge in [-0.2, -0.15) is 10.2 Å². The number of fused-ring (bicyclic) bond motifs is 3. The van der Waals surface area contributed by atoms with Crippen molar-refractivity contribution >= 4 is 32.5 Å². The average molecular weight is 358 g/mol. The van der Waals surface area contributed by atoms with Crippen LogP contribution in [0, 0.1) is 0 Å². The molecule has 3 aromatic heterocycles. The van der Waals surface area contributed by atoms with Crippen LogP contribution in [0.15, 0.2) is 45.9 Å². The van der Waals surface area contributed by atoms with Gasteiger partial charge in [-0.1, -0.05) is 15.9 Å². The highest BCUT2D eigenvalue weighted by Gasteiger charge is 2.13. The minimum Gasteiger partial charge on any atom is -0.296 e. The second-order valence-corrected chi connectivity index (χ2v) is 6.14. The lowest BCUT2D eigenvalue weighted by atomic mass is 10.2. The predicted octanol–water partition coefficient (Wildman–Crippen LogP) is 2.35. The van der Waals surface area contributed by atoms with Crippen LogP contribution in [0.3, 0.4) is 0 Å². The smallest absolute Gasteiger partial charge is 0.261 e. The van der Waals surface area contributed by atoms with Crippen LogP contribution in [0.25, 0.3) is 27.8 Å². The SMILES string of the molecule is Cn1cc(-c2cc3n(C)c(=O)c4ccc(Br)cc4n3n2)cn1. The molecule has 22 heavy (non-hydrogen) atoms. The normalized spacial score (nSPS) is 11.6. The molecule has 4 rings (SSSR count). The van der Waals surface area contributed by atoms with Crippen LogP contribution in [-0.4, -0.2) is 24.0 Å². The van der Waals surface area contributed by atoms with E-state index < -0.39 is 0 Å². The van der Waals surface area contributed by atoms with Gasteiger partial charge in [0, 0.05) is 36.4 Å². The van der Waals surface area contributed by atoms with E-state index in [-0.39, 0.29) is 5.56 Å². The van der Waals surface area contributed by atoms with Crippen molar-refractivity contribution in [2.75, 3.05) is 0 Å². The summed E-state index contributed by atoms with van der Waals surface area (Å²) in [5.41, 5.74) is 3.20. The number of nitrogens with zero attached hydrogens (tertiary/aromatic N) is 5. The molecule has 0 bridgehead atoms. The minimum atomic E-state index is -0.0346. The fourth-order valence-electron chi connectivity index (χ4n) is 2.63. The third kappa shape index (κ3) is 1.82. The van der Waals surface area contributed by atoms with E-state index in [4.69, 9.17) is 0 Å². The Balaban J connectivity index is 2.14. The van der Waals surface area contributed by atoms with Gasteiger partial charge in [0.25, 0.3) is 5.56 Å². The van der Waals surface area contributed by atoms with Crippen molar-refractivity contribution in [2.45, 2.75) is 0 Å². The zero-order chi connectivity index (χ0) is 15.4. The summed E-state index contributed by atoms with van der Waals surface area (Å²) in [7, 11) is 3.62. The van der Waals surface area contributed by atoms with Gasteiger partial charge in [-0.05, 0) is 18.2 Å². The summed E-state index contributed by atoms with van der Waals surface area (Å²) in [6.07, 6.45) is 3.66. The number of aromatic nitrogens is 5. The quantitative estimate of drug-likeness (QED) is 0.525. The fraction of sp³-hybridized carbons (Fsp3) is 0.133. The predicted molar refractivity (Wildman–Crippen MR) is 87.8 cm³/mol. The molecule has 110 valence electrons. The van der Waals surface area contributed by atoms with Gasteiger partial charge in [0.1, 0.15) is 5.65 Å². The summed E-state index contributed by atoms with van der Waals surface area (Å²) in [4.78, 5) is 12.5. The van der Waals surface area contributed by atoms with E-state index in [1.54, 1.807) is 27.0 Å². The van der Waals surface area contributed by atoms with Crippen LogP contribution >= 0.6 is 15.9 Å². The maximum absolute atomic E-state index is 12.5. The van der Waals surface area contributed by atoms with E-state index in [0.29, 0.717) is 5.39 Å². The summed E-state index contributed by atoms with van der Waals surface area (Å²) >= 11 is 3.45. The zero-order valence-corrected chi connectivity index (χ0v) is 13.6. The van der Waals surface area contributed by atoms with Gasteiger partial charge in [0.15, 0.2) is 0 Å². The molecule has 0 aliphatic carbocycles. The molecule has 0 spiro atoms. The molecule has 0 atom stereocenters. The maximum atomic E-state index is 12.5. The van der Waals surface area contributed by atoms with Crippen molar-refractivity contribution in [3.05, 3.63) is 51.5 Å². The number of rotatable bonds is 1. The molecule has 0 aliphatic heterocycles. The summed E-state index contributed by atoms with van der Waals surface area (Å²) in [6.45, 7) is 0. The number of halogens is 1.